The molecule has 4 rings (SSSR count). The Labute approximate surface area is 106 Å². The van der Waals surface area contributed by atoms with E-state index in [0.717, 1.165) is 24.4 Å². The highest BCUT2D eigenvalue weighted by atomic mass is 16.5. The lowest BCUT2D eigenvalue weighted by molar-refractivity contribution is -0.0502. The largest absolute Gasteiger partial charge is 0.378 e. The van der Waals surface area contributed by atoms with Gasteiger partial charge in [-0.05, 0) is 50.9 Å². The Hall–Kier alpha value is -0.0800. The topological polar surface area (TPSA) is 12.5 Å². The summed E-state index contributed by atoms with van der Waals surface area (Å²) in [5, 5.41) is 0. The van der Waals surface area contributed by atoms with Crippen LogP contribution in [0.3, 0.4) is 0 Å². The van der Waals surface area contributed by atoms with Crippen LogP contribution >= 0.6 is 0 Å². The van der Waals surface area contributed by atoms with Crippen LogP contribution in [-0.2, 0) is 4.74 Å². The van der Waals surface area contributed by atoms with E-state index in [0.29, 0.717) is 11.5 Å². The molecule has 2 heterocycles. The Morgan fingerprint density at radius 2 is 1.88 bits per heavy atom. The van der Waals surface area contributed by atoms with Crippen LogP contribution < -0.4 is 0 Å². The lowest BCUT2D eigenvalue weighted by Crippen LogP contribution is -2.55. The highest BCUT2D eigenvalue weighted by molar-refractivity contribution is 5.00. The molecule has 2 nitrogen and oxygen atoms in total. The minimum atomic E-state index is 0.391. The molecule has 0 aromatic carbocycles. The SMILES string of the molecule is CC(C)OCC1(CN2CC3CC(C2)C3C)CC1. The molecule has 0 amide bonds. The van der Waals surface area contributed by atoms with Crippen molar-refractivity contribution in [3.05, 3.63) is 0 Å². The third-order valence-electron chi connectivity index (χ3n) is 5.32. The Morgan fingerprint density at radius 3 is 2.35 bits per heavy atom. The summed E-state index contributed by atoms with van der Waals surface area (Å²) in [5.74, 6) is 3.03. The number of hydrogen-bond donors (Lipinski definition) is 0. The highest BCUT2D eigenvalue weighted by Crippen LogP contribution is 2.50. The summed E-state index contributed by atoms with van der Waals surface area (Å²) in [7, 11) is 0. The van der Waals surface area contributed by atoms with E-state index in [1.54, 1.807) is 0 Å². The van der Waals surface area contributed by atoms with E-state index in [4.69, 9.17) is 4.74 Å². The van der Waals surface area contributed by atoms with E-state index in [1.807, 2.05) is 0 Å². The van der Waals surface area contributed by atoms with Crippen LogP contribution in [0.1, 0.15) is 40.0 Å². The maximum absolute atomic E-state index is 5.84. The molecule has 0 radical (unpaired) electrons. The minimum absolute atomic E-state index is 0.391. The third kappa shape index (κ3) is 2.39. The van der Waals surface area contributed by atoms with Gasteiger partial charge in [-0.1, -0.05) is 6.92 Å². The summed E-state index contributed by atoms with van der Waals surface area (Å²) in [6.45, 7) is 11.8. The van der Waals surface area contributed by atoms with Crippen LogP contribution in [0, 0.1) is 23.2 Å². The number of piperidine rings is 2. The van der Waals surface area contributed by atoms with Gasteiger partial charge < -0.3 is 9.64 Å². The van der Waals surface area contributed by atoms with E-state index in [2.05, 4.69) is 25.7 Å². The van der Waals surface area contributed by atoms with Crippen molar-refractivity contribution in [2.45, 2.75) is 46.1 Å². The number of hydrogen-bond acceptors (Lipinski definition) is 2. The van der Waals surface area contributed by atoms with Crippen LogP contribution in [0.2, 0.25) is 0 Å². The molecule has 2 saturated carbocycles. The Morgan fingerprint density at radius 1 is 1.24 bits per heavy atom. The van der Waals surface area contributed by atoms with Gasteiger partial charge in [0.25, 0.3) is 0 Å². The summed E-state index contributed by atoms with van der Waals surface area (Å²) in [5.41, 5.74) is 0.539. The zero-order valence-electron chi connectivity index (χ0n) is 11.6. The predicted octanol–water partition coefficient (Wildman–Crippen LogP) is 2.78. The molecule has 2 aliphatic carbocycles. The molecule has 0 spiro atoms. The standard InChI is InChI=1S/C15H27NO/c1-11(2)17-10-15(4-5-15)9-16-7-13-6-14(8-16)12(13)3/h11-14H,4-10H2,1-3H3. The zero-order chi connectivity index (χ0) is 12.0. The number of fused-ring (bicyclic) bond motifs is 2. The smallest absolute Gasteiger partial charge is 0.0538 e. The Balaban J connectivity index is 1.47. The predicted molar refractivity (Wildman–Crippen MR) is 70.0 cm³/mol. The van der Waals surface area contributed by atoms with Gasteiger partial charge in [0.1, 0.15) is 0 Å². The molecule has 2 atom stereocenters. The Kier molecular flexibility index (Phi) is 2.99. The Bertz CT molecular complexity index is 273. The van der Waals surface area contributed by atoms with Crippen LogP contribution in [0.4, 0.5) is 0 Å². The molecule has 17 heavy (non-hydrogen) atoms. The first-order valence-corrected chi connectivity index (χ1v) is 7.42. The van der Waals surface area contributed by atoms with Gasteiger partial charge in [0.15, 0.2) is 0 Å². The molecule has 0 aromatic heterocycles. The van der Waals surface area contributed by atoms with E-state index in [9.17, 15) is 0 Å². The van der Waals surface area contributed by atoms with E-state index in [-0.39, 0.29) is 0 Å². The van der Waals surface area contributed by atoms with Gasteiger partial charge in [-0.15, -0.1) is 0 Å². The zero-order valence-corrected chi connectivity index (χ0v) is 11.6. The van der Waals surface area contributed by atoms with Gasteiger partial charge in [0.05, 0.1) is 12.7 Å². The van der Waals surface area contributed by atoms with Crippen LogP contribution in [0.25, 0.3) is 0 Å². The van der Waals surface area contributed by atoms with Crippen molar-refractivity contribution in [1.29, 1.82) is 0 Å². The average Bonchev–Trinajstić information content (AvgIpc) is 3.06. The summed E-state index contributed by atoms with van der Waals surface area (Å²) in [4.78, 5) is 2.73. The molecule has 0 aromatic rings. The van der Waals surface area contributed by atoms with Gasteiger partial charge >= 0.3 is 0 Å². The van der Waals surface area contributed by atoms with E-state index in [1.165, 1.54) is 38.9 Å². The summed E-state index contributed by atoms with van der Waals surface area (Å²) < 4.78 is 5.84. The van der Waals surface area contributed by atoms with Crippen LogP contribution in [0.5, 0.6) is 0 Å². The first-order valence-electron chi connectivity index (χ1n) is 7.42. The monoisotopic (exact) mass is 237 g/mol. The van der Waals surface area contributed by atoms with Crippen molar-refractivity contribution in [2.24, 2.45) is 23.2 Å². The van der Waals surface area contributed by atoms with Crippen molar-refractivity contribution in [3.8, 4) is 0 Å². The molecule has 2 bridgehead atoms. The maximum Gasteiger partial charge on any atom is 0.0538 e. The fourth-order valence-corrected chi connectivity index (χ4v) is 3.70. The molecule has 2 unspecified atom stereocenters. The fraction of sp³-hybridized carbons (Fsp3) is 1.00. The van der Waals surface area contributed by atoms with Crippen LogP contribution in [0.15, 0.2) is 0 Å². The molecule has 4 aliphatic rings. The van der Waals surface area contributed by atoms with E-state index >= 15 is 0 Å². The van der Waals surface area contributed by atoms with Crippen molar-refractivity contribution in [1.82, 2.24) is 4.90 Å². The molecule has 4 fully saturated rings. The minimum Gasteiger partial charge on any atom is -0.378 e. The quantitative estimate of drug-likeness (QED) is 0.729. The molecular formula is C15H27NO. The lowest BCUT2D eigenvalue weighted by atomic mass is 9.62. The maximum atomic E-state index is 5.84. The van der Waals surface area contributed by atoms with Gasteiger partial charge in [-0.25, -0.2) is 0 Å². The van der Waals surface area contributed by atoms with E-state index < -0.39 is 0 Å². The molecular weight excluding hydrogens is 210 g/mol. The third-order valence-corrected chi connectivity index (χ3v) is 5.32. The van der Waals surface area contributed by atoms with Crippen molar-refractivity contribution in [2.75, 3.05) is 26.2 Å². The fourth-order valence-electron chi connectivity index (χ4n) is 3.70. The summed E-state index contributed by atoms with van der Waals surface area (Å²) in [6.07, 6.45) is 4.68. The second-order valence-corrected chi connectivity index (χ2v) is 7.17. The summed E-state index contributed by atoms with van der Waals surface area (Å²) >= 11 is 0. The highest BCUT2D eigenvalue weighted by Gasteiger charge is 2.49. The second-order valence-electron chi connectivity index (χ2n) is 7.17. The summed E-state index contributed by atoms with van der Waals surface area (Å²) in [6, 6.07) is 0. The van der Waals surface area contributed by atoms with Gasteiger partial charge in [0, 0.05) is 25.0 Å². The van der Waals surface area contributed by atoms with Gasteiger partial charge in [-0.3, -0.25) is 0 Å². The van der Waals surface area contributed by atoms with Crippen molar-refractivity contribution in [3.63, 3.8) is 0 Å². The molecule has 98 valence electrons. The molecule has 2 aliphatic heterocycles. The van der Waals surface area contributed by atoms with Crippen LogP contribution in [-0.4, -0.2) is 37.2 Å². The number of rotatable bonds is 5. The normalized spacial score (nSPS) is 39.2. The second kappa shape index (κ2) is 4.24. The average molecular weight is 237 g/mol. The number of nitrogens with zero attached hydrogens (tertiary/aromatic N) is 1. The van der Waals surface area contributed by atoms with Gasteiger partial charge in [0.2, 0.25) is 0 Å². The van der Waals surface area contributed by atoms with Crippen molar-refractivity contribution >= 4 is 0 Å². The lowest BCUT2D eigenvalue weighted by Gasteiger charge is -2.53. The first kappa shape index (κ1) is 12.0. The molecule has 2 heteroatoms. The first-order chi connectivity index (χ1) is 8.08. The van der Waals surface area contributed by atoms with Gasteiger partial charge in [-0.2, -0.15) is 0 Å². The molecule has 0 N–H and O–H groups in total. The molecule has 2 saturated heterocycles. The number of ether oxygens (including phenoxy) is 1. The van der Waals surface area contributed by atoms with Crippen molar-refractivity contribution < 1.29 is 4.74 Å².